The predicted molar refractivity (Wildman–Crippen MR) is 77.3 cm³/mol. The molecule has 2 unspecified atom stereocenters. The zero-order valence-corrected chi connectivity index (χ0v) is 12.1. The Morgan fingerprint density at radius 3 is 2.80 bits per heavy atom. The van der Waals surface area contributed by atoms with Crippen molar-refractivity contribution in [2.24, 2.45) is 5.92 Å². The standard InChI is InChI=1S/C16H23NO3/c1-12-14(5-8-18-12)11-17-10-13-3-4-15-16(9-13)20-7-2-6-19-15/h3-4,9,12,14,17H,2,5-8,10-11H2,1H3. The lowest BCUT2D eigenvalue weighted by Gasteiger charge is -2.15. The molecular formula is C16H23NO3. The van der Waals surface area contributed by atoms with Crippen LogP contribution in [-0.2, 0) is 11.3 Å². The van der Waals surface area contributed by atoms with Gasteiger partial charge in [-0.3, -0.25) is 0 Å². The lowest BCUT2D eigenvalue weighted by molar-refractivity contribution is 0.105. The smallest absolute Gasteiger partial charge is 0.161 e. The fourth-order valence-corrected chi connectivity index (χ4v) is 2.76. The highest BCUT2D eigenvalue weighted by Gasteiger charge is 2.23. The van der Waals surface area contributed by atoms with E-state index in [9.17, 15) is 0 Å². The third kappa shape index (κ3) is 3.25. The van der Waals surface area contributed by atoms with Crippen LogP contribution < -0.4 is 14.8 Å². The SMILES string of the molecule is CC1OCCC1CNCc1ccc2c(c1)OCCCO2. The molecule has 2 atom stereocenters. The molecule has 2 aliphatic rings. The van der Waals surface area contributed by atoms with Crippen molar-refractivity contribution in [3.63, 3.8) is 0 Å². The van der Waals surface area contributed by atoms with Crippen molar-refractivity contribution in [1.82, 2.24) is 5.32 Å². The normalized spacial score (nSPS) is 25.4. The number of nitrogens with one attached hydrogen (secondary N) is 1. The molecule has 0 spiro atoms. The minimum atomic E-state index is 0.381. The van der Waals surface area contributed by atoms with E-state index >= 15 is 0 Å². The highest BCUT2D eigenvalue weighted by atomic mass is 16.5. The number of benzene rings is 1. The van der Waals surface area contributed by atoms with E-state index < -0.39 is 0 Å². The molecule has 4 heteroatoms. The van der Waals surface area contributed by atoms with Gasteiger partial charge in [-0.15, -0.1) is 0 Å². The van der Waals surface area contributed by atoms with Gasteiger partial charge in [-0.25, -0.2) is 0 Å². The van der Waals surface area contributed by atoms with E-state index in [4.69, 9.17) is 14.2 Å². The molecule has 1 saturated heterocycles. The second kappa shape index (κ2) is 6.46. The van der Waals surface area contributed by atoms with Gasteiger partial charge in [0.15, 0.2) is 11.5 Å². The molecule has 0 aromatic heterocycles. The molecule has 2 heterocycles. The van der Waals surface area contributed by atoms with Gasteiger partial charge < -0.3 is 19.5 Å². The van der Waals surface area contributed by atoms with Crippen LogP contribution in [0.3, 0.4) is 0 Å². The Bertz CT molecular complexity index is 449. The van der Waals surface area contributed by atoms with Crippen LogP contribution >= 0.6 is 0 Å². The second-order valence-electron chi connectivity index (χ2n) is 5.59. The average Bonchev–Trinajstić information content (AvgIpc) is 2.73. The van der Waals surface area contributed by atoms with Crippen LogP contribution in [0.4, 0.5) is 0 Å². The molecule has 110 valence electrons. The van der Waals surface area contributed by atoms with Crippen molar-refractivity contribution in [2.45, 2.75) is 32.4 Å². The van der Waals surface area contributed by atoms with E-state index in [1.54, 1.807) is 0 Å². The summed E-state index contributed by atoms with van der Waals surface area (Å²) in [5.74, 6) is 2.37. The molecule has 0 amide bonds. The molecule has 0 aliphatic carbocycles. The molecule has 0 bridgehead atoms. The summed E-state index contributed by atoms with van der Waals surface area (Å²) in [6.45, 7) is 6.41. The molecule has 0 radical (unpaired) electrons. The molecule has 0 saturated carbocycles. The second-order valence-corrected chi connectivity index (χ2v) is 5.59. The highest BCUT2D eigenvalue weighted by molar-refractivity contribution is 5.43. The maximum Gasteiger partial charge on any atom is 0.161 e. The van der Waals surface area contributed by atoms with Crippen molar-refractivity contribution < 1.29 is 14.2 Å². The molecule has 4 nitrogen and oxygen atoms in total. The number of rotatable bonds is 4. The summed E-state index contributed by atoms with van der Waals surface area (Å²) in [4.78, 5) is 0. The summed E-state index contributed by atoms with van der Waals surface area (Å²) < 4.78 is 16.9. The van der Waals surface area contributed by atoms with Gasteiger partial charge in [0.25, 0.3) is 0 Å². The molecule has 1 aromatic carbocycles. The Hall–Kier alpha value is -1.26. The summed E-state index contributed by atoms with van der Waals surface area (Å²) in [7, 11) is 0. The van der Waals surface area contributed by atoms with Crippen LogP contribution in [0.2, 0.25) is 0 Å². The minimum Gasteiger partial charge on any atom is -0.490 e. The molecule has 3 rings (SSSR count). The number of fused-ring (bicyclic) bond motifs is 1. The molecule has 1 aromatic rings. The van der Waals surface area contributed by atoms with Crippen molar-refractivity contribution in [2.75, 3.05) is 26.4 Å². The summed E-state index contributed by atoms with van der Waals surface area (Å²) in [6.07, 6.45) is 2.49. The van der Waals surface area contributed by atoms with Crippen LogP contribution in [0, 0.1) is 5.92 Å². The highest BCUT2D eigenvalue weighted by Crippen LogP contribution is 2.30. The molecular weight excluding hydrogens is 254 g/mol. The summed E-state index contributed by atoms with van der Waals surface area (Å²) in [6, 6.07) is 6.20. The van der Waals surface area contributed by atoms with Crippen LogP contribution in [0.25, 0.3) is 0 Å². The quantitative estimate of drug-likeness (QED) is 0.917. The summed E-state index contributed by atoms with van der Waals surface area (Å²) in [5, 5.41) is 3.52. The van der Waals surface area contributed by atoms with E-state index in [0.29, 0.717) is 12.0 Å². The van der Waals surface area contributed by atoms with Gasteiger partial charge in [0.05, 0.1) is 19.3 Å². The van der Waals surface area contributed by atoms with Crippen molar-refractivity contribution >= 4 is 0 Å². The van der Waals surface area contributed by atoms with Gasteiger partial charge in [0.1, 0.15) is 0 Å². The Kier molecular flexibility index (Phi) is 4.43. The fourth-order valence-electron chi connectivity index (χ4n) is 2.76. The Labute approximate surface area is 120 Å². The van der Waals surface area contributed by atoms with Gasteiger partial charge in [-0.05, 0) is 37.0 Å². The number of hydrogen-bond acceptors (Lipinski definition) is 4. The molecule has 1 N–H and O–H groups in total. The monoisotopic (exact) mass is 277 g/mol. The van der Waals surface area contributed by atoms with E-state index in [1.807, 2.05) is 6.07 Å². The van der Waals surface area contributed by atoms with Crippen molar-refractivity contribution in [1.29, 1.82) is 0 Å². The zero-order chi connectivity index (χ0) is 13.8. The van der Waals surface area contributed by atoms with Gasteiger partial charge in [-0.2, -0.15) is 0 Å². The first-order chi connectivity index (χ1) is 9.83. The van der Waals surface area contributed by atoms with Gasteiger partial charge in [0, 0.05) is 26.1 Å². The van der Waals surface area contributed by atoms with Crippen LogP contribution in [0.1, 0.15) is 25.3 Å². The number of ether oxygens (including phenoxy) is 3. The summed E-state index contributed by atoms with van der Waals surface area (Å²) >= 11 is 0. The molecule has 1 fully saturated rings. The van der Waals surface area contributed by atoms with Gasteiger partial charge in [0.2, 0.25) is 0 Å². The van der Waals surface area contributed by atoms with E-state index in [1.165, 1.54) is 5.56 Å². The Balaban J connectivity index is 1.54. The van der Waals surface area contributed by atoms with Crippen molar-refractivity contribution in [3.8, 4) is 11.5 Å². The first-order valence-electron chi connectivity index (χ1n) is 7.54. The van der Waals surface area contributed by atoms with Gasteiger partial charge in [-0.1, -0.05) is 6.07 Å². The first-order valence-corrected chi connectivity index (χ1v) is 7.54. The maximum absolute atomic E-state index is 5.71. The Morgan fingerprint density at radius 2 is 2.00 bits per heavy atom. The van der Waals surface area contributed by atoms with Crippen LogP contribution in [-0.4, -0.2) is 32.5 Å². The zero-order valence-electron chi connectivity index (χ0n) is 12.1. The fraction of sp³-hybridized carbons (Fsp3) is 0.625. The third-order valence-corrected chi connectivity index (χ3v) is 4.08. The molecule has 2 aliphatic heterocycles. The lowest BCUT2D eigenvalue weighted by Crippen LogP contribution is -2.26. The lowest BCUT2D eigenvalue weighted by atomic mass is 10.0. The Morgan fingerprint density at radius 1 is 1.15 bits per heavy atom. The molecule has 20 heavy (non-hydrogen) atoms. The number of hydrogen-bond donors (Lipinski definition) is 1. The van der Waals surface area contributed by atoms with E-state index in [-0.39, 0.29) is 0 Å². The largest absolute Gasteiger partial charge is 0.490 e. The minimum absolute atomic E-state index is 0.381. The first kappa shape index (κ1) is 13.7. The van der Waals surface area contributed by atoms with Crippen LogP contribution in [0.5, 0.6) is 11.5 Å². The van der Waals surface area contributed by atoms with E-state index in [2.05, 4.69) is 24.4 Å². The predicted octanol–water partition coefficient (Wildman–Crippen LogP) is 2.36. The topological polar surface area (TPSA) is 39.7 Å². The van der Waals surface area contributed by atoms with E-state index in [0.717, 1.165) is 57.3 Å². The van der Waals surface area contributed by atoms with Crippen LogP contribution in [0.15, 0.2) is 18.2 Å². The average molecular weight is 277 g/mol. The summed E-state index contributed by atoms with van der Waals surface area (Å²) in [5.41, 5.74) is 1.24. The maximum atomic E-state index is 5.71. The van der Waals surface area contributed by atoms with Gasteiger partial charge >= 0.3 is 0 Å². The van der Waals surface area contributed by atoms with Crippen molar-refractivity contribution in [3.05, 3.63) is 23.8 Å². The third-order valence-electron chi connectivity index (χ3n) is 4.08.